The molecule has 5 heteroatoms. The van der Waals surface area contributed by atoms with E-state index in [0.717, 1.165) is 5.39 Å². The van der Waals surface area contributed by atoms with Gasteiger partial charge >= 0.3 is 5.97 Å². The maximum absolute atomic E-state index is 10.8. The molecule has 1 atom stereocenters. The fourth-order valence-electron chi connectivity index (χ4n) is 1.88. The van der Waals surface area contributed by atoms with Gasteiger partial charge in [-0.3, -0.25) is 4.79 Å². The molecule has 2 aromatic rings. The molecule has 18 heavy (non-hydrogen) atoms. The summed E-state index contributed by atoms with van der Waals surface area (Å²) in [4.78, 5) is 10.8. The van der Waals surface area contributed by atoms with Crippen LogP contribution in [0.5, 0.6) is 11.5 Å². The number of benzene rings is 2. The molecule has 0 fully saturated rings. The molecule has 0 saturated carbocycles. The summed E-state index contributed by atoms with van der Waals surface area (Å²) < 4.78 is 0. The highest BCUT2D eigenvalue weighted by Gasteiger charge is 2.16. The molecule has 0 aliphatic carbocycles. The Balaban J connectivity index is 2.56. The molecule has 0 heterocycles. The minimum absolute atomic E-state index is 0.00194. The van der Waals surface area contributed by atoms with Crippen LogP contribution in [0.25, 0.3) is 10.8 Å². The van der Waals surface area contributed by atoms with Gasteiger partial charge < -0.3 is 21.1 Å². The minimum Gasteiger partial charge on any atom is -0.508 e. The summed E-state index contributed by atoms with van der Waals surface area (Å²) in [6, 6.07) is 6.80. The highest BCUT2D eigenvalue weighted by molar-refractivity contribution is 5.89. The molecular weight excluding hydrogens is 234 g/mol. The summed E-state index contributed by atoms with van der Waals surface area (Å²) in [6.07, 6.45) is 0.00194. The van der Waals surface area contributed by atoms with Crippen molar-refractivity contribution >= 4 is 16.7 Å². The maximum Gasteiger partial charge on any atom is 0.320 e. The zero-order chi connectivity index (χ0) is 13.3. The van der Waals surface area contributed by atoms with E-state index in [1.165, 1.54) is 18.2 Å². The summed E-state index contributed by atoms with van der Waals surface area (Å²) in [6.45, 7) is 0. The molecule has 0 radical (unpaired) electrons. The number of aliphatic carboxylic acids is 1. The van der Waals surface area contributed by atoms with Gasteiger partial charge in [0.25, 0.3) is 0 Å². The molecular formula is C13H13NO4. The summed E-state index contributed by atoms with van der Waals surface area (Å²) >= 11 is 0. The van der Waals surface area contributed by atoms with E-state index in [-0.39, 0.29) is 17.9 Å². The molecule has 0 bridgehead atoms. The van der Waals surface area contributed by atoms with Gasteiger partial charge in [0, 0.05) is 12.0 Å². The number of nitrogens with two attached hydrogens (primary N) is 1. The highest BCUT2D eigenvalue weighted by atomic mass is 16.4. The smallest absolute Gasteiger partial charge is 0.320 e. The van der Waals surface area contributed by atoms with Crippen LogP contribution in [0.2, 0.25) is 0 Å². The Morgan fingerprint density at radius 3 is 2.56 bits per heavy atom. The normalized spacial score (nSPS) is 12.5. The first-order chi connectivity index (χ1) is 8.49. The van der Waals surface area contributed by atoms with Crippen LogP contribution in [0.4, 0.5) is 0 Å². The first-order valence-electron chi connectivity index (χ1n) is 5.41. The SMILES string of the molecule is NC(Cc1c(O)ccc2ccc(O)cc12)C(=O)O. The van der Waals surface area contributed by atoms with Crippen molar-refractivity contribution in [1.29, 1.82) is 0 Å². The predicted octanol–water partition coefficient (Wildman–Crippen LogP) is 1.21. The van der Waals surface area contributed by atoms with E-state index in [2.05, 4.69) is 0 Å². The van der Waals surface area contributed by atoms with Crippen LogP contribution in [0.3, 0.4) is 0 Å². The van der Waals surface area contributed by atoms with Crippen molar-refractivity contribution in [3.63, 3.8) is 0 Å². The van der Waals surface area contributed by atoms with Crippen LogP contribution in [0.1, 0.15) is 5.56 Å². The standard InChI is InChI=1S/C13H13NO4/c14-11(13(17)18)6-10-9-5-8(15)3-1-7(9)2-4-12(10)16/h1-5,11,15-16H,6,14H2,(H,17,18). The highest BCUT2D eigenvalue weighted by Crippen LogP contribution is 2.30. The molecule has 2 aromatic carbocycles. The average molecular weight is 247 g/mol. The van der Waals surface area contributed by atoms with Crippen molar-refractivity contribution in [3.8, 4) is 11.5 Å². The van der Waals surface area contributed by atoms with Gasteiger partial charge in [-0.05, 0) is 29.0 Å². The number of hydrogen-bond donors (Lipinski definition) is 4. The molecule has 0 aliphatic heterocycles. The lowest BCUT2D eigenvalue weighted by atomic mass is 9.98. The number of fused-ring (bicyclic) bond motifs is 1. The zero-order valence-corrected chi connectivity index (χ0v) is 9.50. The molecule has 0 amide bonds. The van der Waals surface area contributed by atoms with Crippen molar-refractivity contribution in [2.75, 3.05) is 0 Å². The van der Waals surface area contributed by atoms with Gasteiger partial charge in [-0.25, -0.2) is 0 Å². The number of carboxylic acid groups (broad SMARTS) is 1. The Kier molecular flexibility index (Phi) is 3.08. The molecule has 5 nitrogen and oxygen atoms in total. The third-order valence-corrected chi connectivity index (χ3v) is 2.83. The van der Waals surface area contributed by atoms with Crippen LogP contribution < -0.4 is 5.73 Å². The van der Waals surface area contributed by atoms with Crippen LogP contribution in [0, 0.1) is 0 Å². The number of carbonyl (C=O) groups is 1. The minimum atomic E-state index is -1.13. The Labute approximate surface area is 103 Å². The fourth-order valence-corrected chi connectivity index (χ4v) is 1.88. The molecule has 2 rings (SSSR count). The second kappa shape index (κ2) is 4.54. The first kappa shape index (κ1) is 12.2. The van der Waals surface area contributed by atoms with Gasteiger partial charge in [0.05, 0.1) is 0 Å². The van der Waals surface area contributed by atoms with Crippen molar-refractivity contribution in [1.82, 2.24) is 0 Å². The van der Waals surface area contributed by atoms with E-state index in [4.69, 9.17) is 10.8 Å². The third kappa shape index (κ3) is 2.21. The van der Waals surface area contributed by atoms with E-state index in [9.17, 15) is 15.0 Å². The lowest BCUT2D eigenvalue weighted by molar-refractivity contribution is -0.138. The summed E-state index contributed by atoms with van der Waals surface area (Å²) in [7, 11) is 0. The molecule has 0 aliphatic rings. The van der Waals surface area contributed by atoms with Crippen LogP contribution in [-0.4, -0.2) is 27.3 Å². The van der Waals surface area contributed by atoms with Crippen molar-refractivity contribution in [2.24, 2.45) is 5.73 Å². The Morgan fingerprint density at radius 1 is 1.22 bits per heavy atom. The lowest BCUT2D eigenvalue weighted by Gasteiger charge is -2.12. The van der Waals surface area contributed by atoms with Crippen molar-refractivity contribution in [3.05, 3.63) is 35.9 Å². The number of rotatable bonds is 3. The van der Waals surface area contributed by atoms with Crippen LogP contribution >= 0.6 is 0 Å². The molecule has 0 aromatic heterocycles. The quantitative estimate of drug-likeness (QED) is 0.652. The van der Waals surface area contributed by atoms with Gasteiger partial charge in [-0.15, -0.1) is 0 Å². The van der Waals surface area contributed by atoms with Gasteiger partial charge in [0.15, 0.2) is 0 Å². The van der Waals surface area contributed by atoms with Gasteiger partial charge in [0.1, 0.15) is 17.5 Å². The summed E-state index contributed by atoms with van der Waals surface area (Å²) in [5.74, 6) is -1.10. The number of hydrogen-bond acceptors (Lipinski definition) is 4. The second-order valence-corrected chi connectivity index (χ2v) is 4.12. The molecule has 1 unspecified atom stereocenters. The van der Waals surface area contributed by atoms with E-state index in [0.29, 0.717) is 10.9 Å². The van der Waals surface area contributed by atoms with Crippen molar-refractivity contribution < 1.29 is 20.1 Å². The van der Waals surface area contributed by atoms with E-state index in [1.54, 1.807) is 12.1 Å². The first-order valence-corrected chi connectivity index (χ1v) is 5.41. The Hall–Kier alpha value is -2.27. The van der Waals surface area contributed by atoms with Gasteiger partial charge in [-0.1, -0.05) is 12.1 Å². The maximum atomic E-state index is 10.8. The number of carboxylic acids is 1. The van der Waals surface area contributed by atoms with Crippen molar-refractivity contribution in [2.45, 2.75) is 12.5 Å². The van der Waals surface area contributed by atoms with Crippen LogP contribution in [0.15, 0.2) is 30.3 Å². The summed E-state index contributed by atoms with van der Waals surface area (Å²) in [5, 5.41) is 29.5. The number of aromatic hydroxyl groups is 2. The van der Waals surface area contributed by atoms with E-state index in [1.807, 2.05) is 0 Å². The third-order valence-electron chi connectivity index (χ3n) is 2.83. The van der Waals surface area contributed by atoms with E-state index >= 15 is 0 Å². The van der Waals surface area contributed by atoms with Crippen LogP contribution in [-0.2, 0) is 11.2 Å². The largest absolute Gasteiger partial charge is 0.508 e. The topological polar surface area (TPSA) is 104 Å². The second-order valence-electron chi connectivity index (χ2n) is 4.12. The lowest BCUT2D eigenvalue weighted by Crippen LogP contribution is -2.32. The Bertz CT molecular complexity index is 604. The van der Waals surface area contributed by atoms with E-state index < -0.39 is 12.0 Å². The monoisotopic (exact) mass is 247 g/mol. The van der Waals surface area contributed by atoms with Gasteiger partial charge in [-0.2, -0.15) is 0 Å². The number of phenols is 2. The Morgan fingerprint density at radius 2 is 1.89 bits per heavy atom. The fraction of sp³-hybridized carbons (Fsp3) is 0.154. The average Bonchev–Trinajstić information content (AvgIpc) is 2.32. The molecule has 94 valence electrons. The molecule has 0 saturated heterocycles. The summed E-state index contributed by atoms with van der Waals surface area (Å²) in [5.41, 5.74) is 5.90. The number of phenolic OH excluding ortho intramolecular Hbond substituents is 2. The predicted molar refractivity (Wildman–Crippen MR) is 66.6 cm³/mol. The molecule has 5 N–H and O–H groups in total. The molecule has 0 spiro atoms. The zero-order valence-electron chi connectivity index (χ0n) is 9.50. The van der Waals surface area contributed by atoms with Gasteiger partial charge in [0.2, 0.25) is 0 Å².